The van der Waals surface area contributed by atoms with Crippen molar-refractivity contribution in [3.05, 3.63) is 99.7 Å². The molecule has 0 N–H and O–H groups in total. The Kier molecular flexibility index (Phi) is 9.76. The van der Waals surface area contributed by atoms with Crippen molar-refractivity contribution in [2.24, 2.45) is 0 Å². The fourth-order valence-corrected chi connectivity index (χ4v) is 8.52. The van der Waals surface area contributed by atoms with Crippen molar-refractivity contribution in [3.63, 3.8) is 0 Å². The molecule has 3 heterocycles. The van der Waals surface area contributed by atoms with Crippen molar-refractivity contribution in [3.8, 4) is 11.5 Å². The SMILES string of the molecule is COCCN(C)Cc1ccc(OC)c(C2(N3CCCC3c3ncco3)C(=O)N(S(=O)(=O)c3ccc(OC)cc3)c3cc(Cl)c(Cl)cc32)c1. The first-order valence-corrected chi connectivity index (χ1v) is 17.5. The number of anilines is 1. The van der Waals surface area contributed by atoms with Gasteiger partial charge in [0, 0.05) is 37.9 Å². The molecule has 6 rings (SSSR count). The summed E-state index contributed by atoms with van der Waals surface area (Å²) in [6, 6.07) is 14.0. The molecule has 1 fully saturated rings. The van der Waals surface area contributed by atoms with Crippen LogP contribution in [0.1, 0.15) is 41.5 Å². The van der Waals surface area contributed by atoms with Crippen molar-refractivity contribution in [1.82, 2.24) is 14.8 Å². The molecule has 2 aliphatic rings. The minimum Gasteiger partial charge on any atom is -0.497 e. The van der Waals surface area contributed by atoms with Crippen molar-refractivity contribution in [1.29, 1.82) is 0 Å². The van der Waals surface area contributed by atoms with Gasteiger partial charge < -0.3 is 18.6 Å². The monoisotopic (exact) mass is 714 g/mol. The minimum absolute atomic E-state index is 0.0907. The fourth-order valence-electron chi connectivity index (χ4n) is 6.75. The normalized spacial score (nSPS) is 19.7. The molecule has 4 aromatic rings. The maximum Gasteiger partial charge on any atom is 0.271 e. The molecule has 254 valence electrons. The van der Waals surface area contributed by atoms with Gasteiger partial charge in [-0.15, -0.1) is 0 Å². The van der Waals surface area contributed by atoms with E-state index in [0.29, 0.717) is 67.6 Å². The van der Waals surface area contributed by atoms with Crippen molar-refractivity contribution < 1.29 is 31.8 Å². The molecule has 0 aliphatic carbocycles. The van der Waals surface area contributed by atoms with E-state index >= 15 is 4.79 Å². The molecule has 0 saturated carbocycles. The number of sulfonamides is 1. The Morgan fingerprint density at radius 1 is 1.02 bits per heavy atom. The van der Waals surface area contributed by atoms with Crippen LogP contribution in [0, 0.1) is 0 Å². The number of oxazole rings is 1. The number of rotatable bonds is 12. The van der Waals surface area contributed by atoms with Crippen LogP contribution in [0.15, 0.2) is 76.4 Å². The predicted octanol–water partition coefficient (Wildman–Crippen LogP) is 5.89. The van der Waals surface area contributed by atoms with Crippen LogP contribution in [0.5, 0.6) is 11.5 Å². The molecular weight excluding hydrogens is 679 g/mol. The van der Waals surface area contributed by atoms with E-state index in [4.69, 9.17) is 41.8 Å². The molecular formula is C34H36Cl2N4O7S. The van der Waals surface area contributed by atoms with Crippen LogP contribution in [0.4, 0.5) is 5.69 Å². The average Bonchev–Trinajstić information content (AvgIpc) is 3.83. The fraction of sp³-hybridized carbons (Fsp3) is 0.353. The topological polar surface area (TPSA) is 115 Å². The molecule has 0 bridgehead atoms. The number of likely N-dealkylation sites (tertiary alicyclic amines) is 1. The molecule has 14 heteroatoms. The van der Waals surface area contributed by atoms with E-state index < -0.39 is 27.5 Å². The number of nitrogens with zero attached hydrogens (tertiary/aromatic N) is 4. The Balaban J connectivity index is 1.64. The summed E-state index contributed by atoms with van der Waals surface area (Å²) in [5, 5.41) is 0.262. The number of benzene rings is 3. The van der Waals surface area contributed by atoms with Gasteiger partial charge in [0.1, 0.15) is 17.8 Å². The first-order valence-electron chi connectivity index (χ1n) is 15.3. The van der Waals surface area contributed by atoms with Gasteiger partial charge in [-0.3, -0.25) is 14.6 Å². The number of aromatic nitrogens is 1. The zero-order valence-electron chi connectivity index (χ0n) is 27.0. The first-order chi connectivity index (χ1) is 23.1. The summed E-state index contributed by atoms with van der Waals surface area (Å²) in [4.78, 5) is 24.0. The average molecular weight is 716 g/mol. The lowest BCUT2D eigenvalue weighted by atomic mass is 9.80. The molecule has 1 aromatic heterocycles. The highest BCUT2D eigenvalue weighted by molar-refractivity contribution is 7.93. The number of carbonyl (C=O) groups is 1. The van der Waals surface area contributed by atoms with Gasteiger partial charge in [-0.1, -0.05) is 29.3 Å². The smallest absolute Gasteiger partial charge is 0.271 e. The van der Waals surface area contributed by atoms with Crippen LogP contribution in [0.3, 0.4) is 0 Å². The largest absolute Gasteiger partial charge is 0.497 e. The molecule has 0 spiro atoms. The third-order valence-corrected chi connectivity index (χ3v) is 11.4. The number of amides is 1. The highest BCUT2D eigenvalue weighted by Crippen LogP contribution is 2.57. The van der Waals surface area contributed by atoms with E-state index in [0.717, 1.165) is 9.87 Å². The van der Waals surface area contributed by atoms with Crippen LogP contribution in [0.25, 0.3) is 0 Å². The van der Waals surface area contributed by atoms with Gasteiger partial charge in [-0.25, -0.2) is 17.7 Å². The summed E-state index contributed by atoms with van der Waals surface area (Å²) in [7, 11) is 2.13. The molecule has 0 radical (unpaired) electrons. The van der Waals surface area contributed by atoms with Crippen LogP contribution in [-0.2, 0) is 31.6 Å². The Hall–Kier alpha value is -3.65. The Bertz CT molecular complexity index is 1910. The van der Waals surface area contributed by atoms with E-state index in [2.05, 4.69) is 9.88 Å². The van der Waals surface area contributed by atoms with Crippen LogP contribution < -0.4 is 13.8 Å². The number of hydrogen-bond acceptors (Lipinski definition) is 10. The zero-order valence-corrected chi connectivity index (χ0v) is 29.3. The van der Waals surface area contributed by atoms with Crippen molar-refractivity contribution in [2.75, 3.05) is 52.4 Å². The lowest BCUT2D eigenvalue weighted by Crippen LogP contribution is -2.54. The quantitative estimate of drug-likeness (QED) is 0.176. The third kappa shape index (κ3) is 5.74. The molecule has 48 heavy (non-hydrogen) atoms. The molecule has 3 aromatic carbocycles. The van der Waals surface area contributed by atoms with Crippen LogP contribution in [0.2, 0.25) is 10.0 Å². The van der Waals surface area contributed by atoms with Gasteiger partial charge in [0.05, 0.1) is 53.7 Å². The standard InChI is InChI=1S/C34H36Cl2N4O7S/c1-38(15-17-44-2)21-22-7-12-31(46-4)26(18-22)34(39-14-5-6-29(39)32-37-13-16-47-32)25-19-27(35)28(36)20-30(25)40(33(34)41)48(42,43)24-10-8-23(45-3)9-11-24/h7-13,16,18-20,29H,5-6,14-15,17,21H2,1-4H3. The number of halogens is 2. The minimum atomic E-state index is -4.50. The second-order valence-corrected chi connectivity index (χ2v) is 14.3. The Morgan fingerprint density at radius 3 is 2.44 bits per heavy atom. The van der Waals surface area contributed by atoms with Gasteiger partial charge in [0.25, 0.3) is 15.9 Å². The molecule has 2 aliphatic heterocycles. The van der Waals surface area contributed by atoms with Crippen LogP contribution in [-0.4, -0.2) is 77.2 Å². The Morgan fingerprint density at radius 2 is 1.77 bits per heavy atom. The number of fused-ring (bicyclic) bond motifs is 1. The molecule has 1 saturated heterocycles. The van der Waals surface area contributed by atoms with Gasteiger partial charge in [-0.05, 0) is 74.0 Å². The number of likely N-dealkylation sites (N-methyl/N-ethyl adjacent to an activating group) is 1. The summed E-state index contributed by atoms with van der Waals surface area (Å²) in [6.45, 7) is 2.15. The van der Waals surface area contributed by atoms with Gasteiger partial charge in [0.2, 0.25) is 5.89 Å². The second kappa shape index (κ2) is 13.7. The summed E-state index contributed by atoms with van der Waals surface area (Å²) in [6.07, 6.45) is 4.33. The first kappa shape index (κ1) is 34.2. The molecule has 2 unspecified atom stereocenters. The van der Waals surface area contributed by atoms with Crippen molar-refractivity contribution in [2.45, 2.75) is 35.9 Å². The summed E-state index contributed by atoms with van der Waals surface area (Å²) in [5.41, 5.74) is 0.0267. The molecule has 2 atom stereocenters. The van der Waals surface area contributed by atoms with Crippen LogP contribution >= 0.6 is 23.2 Å². The molecule has 1 amide bonds. The number of ether oxygens (including phenoxy) is 3. The lowest BCUT2D eigenvalue weighted by Gasteiger charge is -2.41. The van der Waals surface area contributed by atoms with E-state index in [1.807, 2.05) is 24.1 Å². The Labute approximate surface area is 289 Å². The lowest BCUT2D eigenvalue weighted by molar-refractivity contribution is -0.127. The van der Waals surface area contributed by atoms with E-state index in [1.165, 1.54) is 50.8 Å². The maximum absolute atomic E-state index is 15.6. The van der Waals surface area contributed by atoms with Gasteiger partial charge >= 0.3 is 0 Å². The second-order valence-electron chi connectivity index (χ2n) is 11.7. The summed E-state index contributed by atoms with van der Waals surface area (Å²) >= 11 is 13.3. The third-order valence-electron chi connectivity index (χ3n) is 8.94. The number of methoxy groups -OCH3 is 3. The van der Waals surface area contributed by atoms with Crippen molar-refractivity contribution >= 4 is 44.8 Å². The highest BCUT2D eigenvalue weighted by Gasteiger charge is 2.63. The van der Waals surface area contributed by atoms with E-state index in [9.17, 15) is 8.42 Å². The zero-order chi connectivity index (χ0) is 34.2. The molecule has 11 nitrogen and oxygen atoms in total. The summed E-state index contributed by atoms with van der Waals surface area (Å²) < 4.78 is 52.3. The van der Waals surface area contributed by atoms with E-state index in [1.54, 1.807) is 25.4 Å². The predicted molar refractivity (Wildman–Crippen MR) is 181 cm³/mol. The van der Waals surface area contributed by atoms with Gasteiger partial charge in [0.15, 0.2) is 5.54 Å². The number of carbonyl (C=O) groups excluding carboxylic acids is 1. The van der Waals surface area contributed by atoms with E-state index in [-0.39, 0.29) is 20.6 Å². The summed E-state index contributed by atoms with van der Waals surface area (Å²) in [5.74, 6) is 0.542. The maximum atomic E-state index is 15.6. The highest BCUT2D eigenvalue weighted by atomic mass is 35.5. The number of hydrogen-bond donors (Lipinski definition) is 0. The van der Waals surface area contributed by atoms with Gasteiger partial charge in [-0.2, -0.15) is 0 Å².